The second-order valence-corrected chi connectivity index (χ2v) is 7.73. The lowest BCUT2D eigenvalue weighted by Crippen LogP contribution is -2.38. The van der Waals surface area contributed by atoms with Gasteiger partial charge in [0.2, 0.25) is 5.91 Å². The quantitative estimate of drug-likeness (QED) is 0.792. The van der Waals surface area contributed by atoms with Crippen LogP contribution in [0.2, 0.25) is 0 Å². The summed E-state index contributed by atoms with van der Waals surface area (Å²) in [5, 5.41) is 6.11. The number of anilines is 1. The van der Waals surface area contributed by atoms with Crippen molar-refractivity contribution in [2.24, 2.45) is 5.92 Å². The Bertz CT molecular complexity index is 616. The molecule has 5 nitrogen and oxygen atoms in total. The number of carbonyl (C=O) groups is 2. The fourth-order valence-corrected chi connectivity index (χ4v) is 3.75. The molecule has 1 heterocycles. The third-order valence-corrected chi connectivity index (χ3v) is 5.49. The molecule has 1 aromatic carbocycles. The maximum absolute atomic E-state index is 12.7. The summed E-state index contributed by atoms with van der Waals surface area (Å²) in [6.07, 6.45) is 2.54. The molecular weight excluding hydrogens is 358 g/mol. The van der Waals surface area contributed by atoms with E-state index in [0.29, 0.717) is 12.1 Å². The Morgan fingerprint density at radius 2 is 1.96 bits per heavy atom. The fourth-order valence-electron chi connectivity index (χ4n) is 2.85. The molecule has 1 saturated carbocycles. The van der Waals surface area contributed by atoms with Crippen molar-refractivity contribution in [3.8, 4) is 0 Å². The van der Waals surface area contributed by atoms with Gasteiger partial charge in [0.1, 0.15) is 0 Å². The van der Waals surface area contributed by atoms with Crippen LogP contribution in [0, 0.1) is 12.8 Å². The number of carbonyl (C=O) groups excluding carboxylic acids is 2. The minimum absolute atomic E-state index is 0. The number of hydrogen-bond acceptors (Lipinski definition) is 4. The van der Waals surface area contributed by atoms with Crippen molar-refractivity contribution in [2.45, 2.75) is 19.8 Å². The molecule has 3 rings (SSSR count). The number of nitrogens with one attached hydrogen (secondary N) is 2. The summed E-state index contributed by atoms with van der Waals surface area (Å²) >= 11 is 1.88. The van der Waals surface area contributed by atoms with Crippen molar-refractivity contribution in [2.75, 3.05) is 43.0 Å². The highest BCUT2D eigenvalue weighted by Gasteiger charge is 2.22. The van der Waals surface area contributed by atoms with E-state index in [1.54, 1.807) is 0 Å². The third-order valence-electron chi connectivity index (χ3n) is 4.55. The van der Waals surface area contributed by atoms with Gasteiger partial charge in [-0.25, -0.2) is 0 Å². The molecule has 2 aliphatic rings. The molecule has 0 unspecified atom stereocenters. The van der Waals surface area contributed by atoms with E-state index in [9.17, 15) is 9.59 Å². The first-order valence-electron chi connectivity index (χ1n) is 8.62. The Morgan fingerprint density at radius 3 is 2.64 bits per heavy atom. The van der Waals surface area contributed by atoms with Crippen LogP contribution in [0.4, 0.5) is 5.69 Å². The van der Waals surface area contributed by atoms with Crippen LogP contribution in [0.5, 0.6) is 0 Å². The zero-order chi connectivity index (χ0) is 16.9. The number of hydrogen-bond donors (Lipinski definition) is 2. The van der Waals surface area contributed by atoms with E-state index in [2.05, 4.69) is 10.6 Å². The molecule has 0 bridgehead atoms. The van der Waals surface area contributed by atoms with E-state index in [4.69, 9.17) is 0 Å². The molecule has 1 aliphatic heterocycles. The van der Waals surface area contributed by atoms with Crippen molar-refractivity contribution in [1.82, 2.24) is 10.2 Å². The van der Waals surface area contributed by atoms with Crippen molar-refractivity contribution >= 4 is 41.7 Å². The highest BCUT2D eigenvalue weighted by Crippen LogP contribution is 2.27. The van der Waals surface area contributed by atoms with Crippen LogP contribution in [0.15, 0.2) is 18.2 Å². The molecule has 2 N–H and O–H groups in total. The zero-order valence-electron chi connectivity index (χ0n) is 14.5. The number of thioether (sulfide) groups is 1. The van der Waals surface area contributed by atoms with Crippen molar-refractivity contribution < 1.29 is 9.59 Å². The lowest BCUT2D eigenvalue weighted by atomic mass is 10.1. The molecule has 2 fully saturated rings. The monoisotopic (exact) mass is 383 g/mol. The van der Waals surface area contributed by atoms with Crippen LogP contribution in [0.3, 0.4) is 0 Å². The van der Waals surface area contributed by atoms with E-state index in [1.807, 2.05) is 41.8 Å². The van der Waals surface area contributed by atoms with Gasteiger partial charge in [-0.05, 0) is 49.9 Å². The van der Waals surface area contributed by atoms with E-state index >= 15 is 0 Å². The molecule has 0 spiro atoms. The van der Waals surface area contributed by atoms with Crippen LogP contribution < -0.4 is 10.6 Å². The molecule has 0 aromatic heterocycles. The molecule has 1 aliphatic carbocycles. The minimum Gasteiger partial charge on any atom is -0.337 e. The maximum Gasteiger partial charge on any atom is 0.254 e. The van der Waals surface area contributed by atoms with Crippen molar-refractivity contribution in [3.05, 3.63) is 29.3 Å². The van der Waals surface area contributed by atoms with Crippen molar-refractivity contribution in [3.63, 3.8) is 0 Å². The van der Waals surface area contributed by atoms with Gasteiger partial charge in [0.25, 0.3) is 5.91 Å². The van der Waals surface area contributed by atoms with E-state index in [-0.39, 0.29) is 24.2 Å². The summed E-state index contributed by atoms with van der Waals surface area (Å²) in [6.45, 7) is 4.73. The van der Waals surface area contributed by atoms with Gasteiger partial charge < -0.3 is 15.5 Å². The molecule has 1 saturated heterocycles. The molecule has 0 atom stereocenters. The highest BCUT2D eigenvalue weighted by atomic mass is 35.5. The fraction of sp³-hybridized carbons (Fsp3) is 0.556. The van der Waals surface area contributed by atoms with Gasteiger partial charge in [-0.1, -0.05) is 6.07 Å². The number of amides is 2. The standard InChI is InChI=1S/C18H25N3O2S.ClH/c1-13-15(18(23)21-7-9-24-10-8-21)3-2-4-16(13)20-17(22)12-19-11-14-5-6-14;/h2-4,14,19H,5-12H2,1H3,(H,20,22);1H. The summed E-state index contributed by atoms with van der Waals surface area (Å²) < 4.78 is 0. The summed E-state index contributed by atoms with van der Waals surface area (Å²) in [6, 6.07) is 5.55. The second kappa shape index (κ2) is 9.46. The number of benzene rings is 1. The van der Waals surface area contributed by atoms with Gasteiger partial charge in [-0.3, -0.25) is 9.59 Å². The topological polar surface area (TPSA) is 61.4 Å². The van der Waals surface area contributed by atoms with Crippen molar-refractivity contribution in [1.29, 1.82) is 0 Å². The van der Waals surface area contributed by atoms with Crippen LogP contribution in [-0.4, -0.2) is 54.4 Å². The molecular formula is C18H26ClN3O2S. The lowest BCUT2D eigenvalue weighted by molar-refractivity contribution is -0.115. The summed E-state index contributed by atoms with van der Waals surface area (Å²) in [4.78, 5) is 26.7. The number of nitrogens with zero attached hydrogens (tertiary/aromatic N) is 1. The Balaban J connectivity index is 0.00000225. The molecule has 2 amide bonds. The summed E-state index contributed by atoms with van der Waals surface area (Å²) in [5.74, 6) is 2.75. The van der Waals surface area contributed by atoms with Gasteiger partial charge in [0.05, 0.1) is 6.54 Å². The summed E-state index contributed by atoms with van der Waals surface area (Å²) in [7, 11) is 0. The lowest BCUT2D eigenvalue weighted by Gasteiger charge is -2.27. The Labute approximate surface area is 159 Å². The molecule has 7 heteroatoms. The van der Waals surface area contributed by atoms with E-state index in [0.717, 1.165) is 48.3 Å². The number of rotatable bonds is 6. The predicted molar refractivity (Wildman–Crippen MR) is 106 cm³/mol. The second-order valence-electron chi connectivity index (χ2n) is 6.51. The normalized spacial score (nSPS) is 16.9. The van der Waals surface area contributed by atoms with Gasteiger partial charge in [-0.2, -0.15) is 11.8 Å². The van der Waals surface area contributed by atoms with Crippen LogP contribution >= 0.6 is 24.2 Å². The molecule has 25 heavy (non-hydrogen) atoms. The van der Waals surface area contributed by atoms with Gasteiger partial charge >= 0.3 is 0 Å². The van der Waals surface area contributed by atoms with E-state index in [1.165, 1.54) is 12.8 Å². The molecule has 1 aromatic rings. The largest absolute Gasteiger partial charge is 0.337 e. The predicted octanol–water partition coefficient (Wildman–Crippen LogP) is 2.54. The van der Waals surface area contributed by atoms with Crippen LogP contribution in [-0.2, 0) is 4.79 Å². The molecule has 0 radical (unpaired) electrons. The maximum atomic E-state index is 12.7. The highest BCUT2D eigenvalue weighted by molar-refractivity contribution is 7.99. The Hall–Kier alpha value is -1.24. The molecule has 138 valence electrons. The first-order valence-corrected chi connectivity index (χ1v) is 9.78. The summed E-state index contributed by atoms with van der Waals surface area (Å²) in [5.41, 5.74) is 2.26. The number of halogens is 1. The minimum atomic E-state index is -0.0577. The first kappa shape index (κ1) is 20.1. The smallest absolute Gasteiger partial charge is 0.254 e. The Morgan fingerprint density at radius 1 is 1.24 bits per heavy atom. The van der Waals surface area contributed by atoms with Gasteiger partial charge in [-0.15, -0.1) is 12.4 Å². The average molecular weight is 384 g/mol. The van der Waals surface area contributed by atoms with Crippen LogP contribution in [0.25, 0.3) is 0 Å². The average Bonchev–Trinajstić information content (AvgIpc) is 3.41. The third kappa shape index (κ3) is 5.62. The SMILES string of the molecule is Cc1c(NC(=O)CNCC2CC2)cccc1C(=O)N1CCSCC1.Cl. The van der Waals surface area contributed by atoms with Gasteiger partial charge in [0.15, 0.2) is 0 Å². The van der Waals surface area contributed by atoms with E-state index < -0.39 is 0 Å². The van der Waals surface area contributed by atoms with Gasteiger partial charge in [0, 0.05) is 35.8 Å². The Kier molecular flexibility index (Phi) is 7.59. The first-order chi connectivity index (χ1) is 11.6. The van der Waals surface area contributed by atoms with Crippen LogP contribution in [0.1, 0.15) is 28.8 Å². The zero-order valence-corrected chi connectivity index (χ0v) is 16.2.